The summed E-state index contributed by atoms with van der Waals surface area (Å²) in [6.45, 7) is 3.19. The van der Waals surface area contributed by atoms with E-state index in [4.69, 9.17) is 5.73 Å². The Labute approximate surface area is 284 Å². The van der Waals surface area contributed by atoms with E-state index < -0.39 is 43.3 Å². The molecule has 1 amide bonds. The second kappa shape index (κ2) is 12.7. The number of aryl methyl sites for hydroxylation is 1. The number of carbonyl (C=O) groups excluding carboxylic acids is 1. The van der Waals surface area contributed by atoms with Crippen LogP contribution in [0.5, 0.6) is 0 Å². The standard InChI is InChI=1S/C31H27N7O8S3/c1-16-6-12-24-27(28(16)49(44,45)46)47-30(34-24)18-7-10-22(11-8-18)38-31(40)26(17(2)37-38)36-35-23-13-9-21(15-25(23)48(41,42)43)33-29(39)19-4-3-5-20(32)14-19/h3-15,26,31,40H,32H2,1-2H3,(H,33,39)(H,41,42,43)(H,44,45,46)/t26-,31-/m1/s1. The van der Waals surface area contributed by atoms with E-state index in [1.54, 1.807) is 62.4 Å². The van der Waals surface area contributed by atoms with E-state index in [-0.39, 0.29) is 21.8 Å². The number of aromatic nitrogens is 1. The molecule has 1 aliphatic rings. The molecule has 2 heterocycles. The fourth-order valence-electron chi connectivity index (χ4n) is 5.15. The SMILES string of the molecule is CC1=NN(c2ccc(-c3nc4ccc(C)c(S(=O)(=O)O)c4s3)cc2)[C@H](O)[C@@H]1N=Nc1ccc(NC(=O)c2cccc(N)c2)cc1S(=O)(=O)O. The van der Waals surface area contributed by atoms with E-state index in [2.05, 4.69) is 25.6 Å². The van der Waals surface area contributed by atoms with Crippen molar-refractivity contribution < 1.29 is 35.8 Å². The normalized spacial score (nSPS) is 16.8. The Hall–Kier alpha value is -5.11. The Bertz CT molecular complexity index is 2410. The van der Waals surface area contributed by atoms with Gasteiger partial charge in [-0.15, -0.1) is 11.3 Å². The summed E-state index contributed by atoms with van der Waals surface area (Å²) in [7, 11) is -9.28. The first-order valence-electron chi connectivity index (χ1n) is 14.3. The molecule has 6 N–H and O–H groups in total. The summed E-state index contributed by atoms with van der Waals surface area (Å²) >= 11 is 1.11. The molecule has 2 atom stereocenters. The fraction of sp³-hybridized carbons (Fsp3) is 0.129. The van der Waals surface area contributed by atoms with Gasteiger partial charge in [-0.1, -0.05) is 12.1 Å². The molecular weight excluding hydrogens is 695 g/mol. The van der Waals surface area contributed by atoms with Crippen molar-refractivity contribution in [1.82, 2.24) is 4.98 Å². The molecule has 1 aromatic heterocycles. The summed E-state index contributed by atoms with van der Waals surface area (Å²) in [5.74, 6) is -0.557. The highest BCUT2D eigenvalue weighted by atomic mass is 32.2. The molecule has 0 saturated heterocycles. The number of nitrogens with zero attached hydrogens (tertiary/aromatic N) is 5. The topological polar surface area (TPSA) is 237 Å². The average molecular weight is 722 g/mol. The first-order valence-corrected chi connectivity index (χ1v) is 18.0. The number of hydrogen-bond acceptors (Lipinski definition) is 13. The molecule has 15 nitrogen and oxygen atoms in total. The number of rotatable bonds is 8. The van der Waals surface area contributed by atoms with Crippen LogP contribution >= 0.6 is 11.3 Å². The fourth-order valence-corrected chi connectivity index (χ4v) is 8.11. The molecule has 5 aromatic rings. The maximum atomic E-state index is 12.6. The van der Waals surface area contributed by atoms with Gasteiger partial charge >= 0.3 is 0 Å². The third kappa shape index (κ3) is 6.91. The number of nitrogens with two attached hydrogens (primary N) is 1. The van der Waals surface area contributed by atoms with Gasteiger partial charge in [0.25, 0.3) is 26.1 Å². The third-order valence-corrected chi connectivity index (χ3v) is 10.7. The van der Waals surface area contributed by atoms with Crippen molar-refractivity contribution >= 4 is 76.2 Å². The van der Waals surface area contributed by atoms with Crippen LogP contribution in [-0.4, -0.2) is 59.9 Å². The van der Waals surface area contributed by atoms with E-state index >= 15 is 0 Å². The van der Waals surface area contributed by atoms with E-state index in [0.29, 0.717) is 43.4 Å². The highest BCUT2D eigenvalue weighted by molar-refractivity contribution is 7.86. The van der Waals surface area contributed by atoms with Gasteiger partial charge in [0.2, 0.25) is 0 Å². The third-order valence-electron chi connectivity index (χ3n) is 7.51. The lowest BCUT2D eigenvalue weighted by atomic mass is 10.1. The van der Waals surface area contributed by atoms with Crippen LogP contribution in [0.1, 0.15) is 22.8 Å². The van der Waals surface area contributed by atoms with Crippen LogP contribution in [0.25, 0.3) is 20.8 Å². The summed E-state index contributed by atoms with van der Waals surface area (Å²) in [5.41, 5.74) is 8.45. The Morgan fingerprint density at radius 3 is 2.37 bits per heavy atom. The van der Waals surface area contributed by atoms with E-state index in [1.165, 1.54) is 29.3 Å². The highest BCUT2D eigenvalue weighted by Crippen LogP contribution is 2.37. The summed E-state index contributed by atoms with van der Waals surface area (Å²) in [6, 6.07) is 18.8. The molecule has 0 fully saturated rings. The Kier molecular flexibility index (Phi) is 8.78. The van der Waals surface area contributed by atoms with Crippen LogP contribution < -0.4 is 16.1 Å². The van der Waals surface area contributed by atoms with Crippen molar-refractivity contribution in [3.05, 3.63) is 90.0 Å². The zero-order valence-electron chi connectivity index (χ0n) is 25.6. The second-order valence-corrected chi connectivity index (χ2v) is 14.7. The van der Waals surface area contributed by atoms with Crippen molar-refractivity contribution in [2.24, 2.45) is 15.3 Å². The number of aliphatic hydroxyl groups is 1. The van der Waals surface area contributed by atoms with Crippen LogP contribution in [0.3, 0.4) is 0 Å². The number of aliphatic hydroxyl groups excluding tert-OH is 1. The van der Waals surface area contributed by atoms with Gasteiger partial charge in [0.1, 0.15) is 20.5 Å². The zero-order chi connectivity index (χ0) is 35.2. The van der Waals surface area contributed by atoms with Gasteiger partial charge in [-0.3, -0.25) is 13.9 Å². The number of benzene rings is 4. The number of hydrogen-bond donors (Lipinski definition) is 5. The molecular formula is C31H27N7O8S3. The van der Waals surface area contributed by atoms with Crippen LogP contribution in [0.15, 0.2) is 104 Å². The molecule has 252 valence electrons. The summed E-state index contributed by atoms with van der Waals surface area (Å²) in [4.78, 5) is 16.3. The number of nitrogens with one attached hydrogen (secondary N) is 1. The predicted molar refractivity (Wildman–Crippen MR) is 185 cm³/mol. The number of fused-ring (bicyclic) bond motifs is 1. The smallest absolute Gasteiger partial charge is 0.296 e. The number of azo groups is 1. The lowest BCUT2D eigenvalue weighted by Gasteiger charge is -2.21. The van der Waals surface area contributed by atoms with Crippen LogP contribution in [-0.2, 0) is 20.2 Å². The van der Waals surface area contributed by atoms with Crippen molar-refractivity contribution in [1.29, 1.82) is 0 Å². The quantitative estimate of drug-likeness (QED) is 0.0786. The molecule has 4 aromatic carbocycles. The minimum atomic E-state index is -4.81. The van der Waals surface area contributed by atoms with E-state index in [9.17, 15) is 35.8 Å². The highest BCUT2D eigenvalue weighted by Gasteiger charge is 2.35. The molecule has 0 aliphatic carbocycles. The zero-order valence-corrected chi connectivity index (χ0v) is 28.0. The molecule has 6 rings (SSSR count). The summed E-state index contributed by atoms with van der Waals surface area (Å²) < 4.78 is 68.4. The van der Waals surface area contributed by atoms with Gasteiger partial charge < -0.3 is 16.2 Å². The first kappa shape index (κ1) is 33.8. The molecule has 18 heteroatoms. The summed E-state index contributed by atoms with van der Waals surface area (Å²) in [6.07, 6.45) is -1.33. The van der Waals surface area contributed by atoms with Crippen molar-refractivity contribution in [3.63, 3.8) is 0 Å². The van der Waals surface area contributed by atoms with Crippen molar-refractivity contribution in [2.75, 3.05) is 16.1 Å². The molecule has 0 spiro atoms. The number of anilines is 3. The van der Waals surface area contributed by atoms with Gasteiger partial charge in [0.05, 0.1) is 21.6 Å². The Morgan fingerprint density at radius 2 is 1.69 bits per heavy atom. The second-order valence-electron chi connectivity index (χ2n) is 11.0. The van der Waals surface area contributed by atoms with Crippen LogP contribution in [0.4, 0.5) is 22.7 Å². The lowest BCUT2D eigenvalue weighted by molar-refractivity contribution is 0.102. The molecule has 0 unspecified atom stereocenters. The lowest BCUT2D eigenvalue weighted by Crippen LogP contribution is -2.35. The number of amides is 1. The van der Waals surface area contributed by atoms with Gasteiger partial charge in [-0.2, -0.15) is 32.2 Å². The minimum Gasteiger partial charge on any atom is -0.399 e. The number of hydrazone groups is 1. The van der Waals surface area contributed by atoms with Gasteiger partial charge in [0, 0.05) is 22.5 Å². The maximum absolute atomic E-state index is 12.6. The average Bonchev–Trinajstić information content (AvgIpc) is 3.59. The first-order chi connectivity index (χ1) is 23.1. The molecule has 49 heavy (non-hydrogen) atoms. The largest absolute Gasteiger partial charge is 0.399 e. The van der Waals surface area contributed by atoms with Gasteiger partial charge in [-0.05, 0) is 86.1 Å². The maximum Gasteiger partial charge on any atom is 0.296 e. The van der Waals surface area contributed by atoms with Crippen LogP contribution in [0.2, 0.25) is 0 Å². The van der Waals surface area contributed by atoms with Gasteiger partial charge in [-0.25, -0.2) is 9.99 Å². The molecule has 0 saturated carbocycles. The van der Waals surface area contributed by atoms with Gasteiger partial charge in [0.15, 0.2) is 12.3 Å². The van der Waals surface area contributed by atoms with Crippen molar-refractivity contribution in [3.8, 4) is 10.6 Å². The molecule has 1 aliphatic heterocycles. The van der Waals surface area contributed by atoms with Crippen molar-refractivity contribution in [2.45, 2.75) is 35.9 Å². The minimum absolute atomic E-state index is 0.0621. The number of carbonyl (C=O) groups is 1. The molecule has 0 radical (unpaired) electrons. The van der Waals surface area contributed by atoms with Crippen LogP contribution in [0, 0.1) is 6.92 Å². The molecule has 0 bridgehead atoms. The Balaban J connectivity index is 1.21. The Morgan fingerprint density at radius 1 is 0.959 bits per heavy atom. The van der Waals surface area contributed by atoms with E-state index in [1.807, 2.05) is 0 Å². The summed E-state index contributed by atoms with van der Waals surface area (Å²) in [5, 5.41) is 28.0. The van der Waals surface area contributed by atoms with E-state index in [0.717, 1.165) is 17.4 Å². The number of thiazole rings is 1. The number of nitrogen functional groups attached to an aromatic ring is 1. The monoisotopic (exact) mass is 721 g/mol. The predicted octanol–water partition coefficient (Wildman–Crippen LogP) is 5.27.